The molecule has 1 aromatic carbocycles. The van der Waals surface area contributed by atoms with Crippen LogP contribution in [0.1, 0.15) is 5.56 Å². The van der Waals surface area contributed by atoms with Crippen LogP contribution in [0.4, 0.5) is 0 Å². The molecule has 110 valence electrons. The number of hydrogen-bond acceptors (Lipinski definition) is 4. The summed E-state index contributed by atoms with van der Waals surface area (Å²) in [7, 11) is 3.51. The highest BCUT2D eigenvalue weighted by atomic mass is 16.5. The molecule has 0 bridgehead atoms. The first kappa shape index (κ1) is 14.6. The minimum Gasteiger partial charge on any atom is -0.497 e. The number of carbonyl (C=O) groups excluding carboxylic acids is 1. The highest BCUT2D eigenvalue weighted by Gasteiger charge is 2.01. The van der Waals surface area contributed by atoms with Crippen molar-refractivity contribution in [3.63, 3.8) is 0 Å². The molecule has 0 atom stereocenters. The number of amides is 1. The van der Waals surface area contributed by atoms with E-state index in [2.05, 4.69) is 10.5 Å². The van der Waals surface area contributed by atoms with Gasteiger partial charge in [-0.2, -0.15) is 5.10 Å². The minimum absolute atomic E-state index is 0.0988. The second-order valence-corrected chi connectivity index (χ2v) is 4.37. The van der Waals surface area contributed by atoms with Crippen LogP contribution < -0.4 is 14.9 Å². The molecule has 0 aliphatic rings. The fourth-order valence-electron chi connectivity index (χ4n) is 1.63. The Morgan fingerprint density at radius 2 is 2.00 bits per heavy atom. The van der Waals surface area contributed by atoms with Gasteiger partial charge in [0.1, 0.15) is 11.5 Å². The highest BCUT2D eigenvalue weighted by Crippen LogP contribution is 2.16. The first-order valence-corrected chi connectivity index (χ1v) is 6.38. The van der Waals surface area contributed by atoms with Gasteiger partial charge in [-0.25, -0.2) is 5.43 Å². The van der Waals surface area contributed by atoms with E-state index in [1.165, 1.54) is 0 Å². The van der Waals surface area contributed by atoms with E-state index in [0.29, 0.717) is 5.75 Å². The summed E-state index contributed by atoms with van der Waals surface area (Å²) in [6, 6.07) is 8.89. The molecular weight excluding hydrogens is 270 g/mol. The summed E-state index contributed by atoms with van der Waals surface area (Å²) in [5.41, 5.74) is 3.32. The Balaban J connectivity index is 1.75. The first-order chi connectivity index (χ1) is 10.2. The van der Waals surface area contributed by atoms with Crippen LogP contribution in [0.25, 0.3) is 0 Å². The van der Waals surface area contributed by atoms with Crippen LogP contribution in [0.5, 0.6) is 11.5 Å². The van der Waals surface area contributed by atoms with E-state index >= 15 is 0 Å². The number of aromatic nitrogens is 1. The maximum atomic E-state index is 11.6. The first-order valence-electron chi connectivity index (χ1n) is 6.38. The maximum absolute atomic E-state index is 11.6. The second-order valence-electron chi connectivity index (χ2n) is 4.37. The normalized spacial score (nSPS) is 10.6. The fourth-order valence-corrected chi connectivity index (χ4v) is 1.63. The average Bonchev–Trinajstić information content (AvgIpc) is 2.91. The standard InChI is InChI=1S/C15H17N3O3/c1-18-8-7-12(10-18)9-16-17-15(19)11-21-14-5-3-13(20-2)4-6-14/h3-10H,11H2,1-2H3,(H,17,19)/b16-9+. The SMILES string of the molecule is COc1ccc(OCC(=O)N/N=C/c2ccn(C)c2)cc1. The summed E-state index contributed by atoms with van der Waals surface area (Å²) in [5.74, 6) is 1.01. The number of carbonyl (C=O) groups is 1. The molecule has 2 aromatic rings. The zero-order valence-electron chi connectivity index (χ0n) is 11.9. The predicted octanol–water partition coefficient (Wildman–Crippen LogP) is 1.56. The van der Waals surface area contributed by atoms with Crippen LogP contribution >= 0.6 is 0 Å². The van der Waals surface area contributed by atoms with Gasteiger partial charge in [0.05, 0.1) is 13.3 Å². The van der Waals surface area contributed by atoms with Gasteiger partial charge in [-0.05, 0) is 30.3 Å². The summed E-state index contributed by atoms with van der Waals surface area (Å²) in [5, 5.41) is 3.86. The number of hydrazone groups is 1. The predicted molar refractivity (Wildman–Crippen MR) is 79.6 cm³/mol. The van der Waals surface area contributed by atoms with Crippen molar-refractivity contribution in [2.45, 2.75) is 0 Å². The van der Waals surface area contributed by atoms with E-state index in [9.17, 15) is 4.79 Å². The van der Waals surface area contributed by atoms with E-state index < -0.39 is 0 Å². The third kappa shape index (κ3) is 4.68. The van der Waals surface area contributed by atoms with Crippen molar-refractivity contribution in [1.29, 1.82) is 0 Å². The van der Waals surface area contributed by atoms with E-state index in [4.69, 9.17) is 9.47 Å². The van der Waals surface area contributed by atoms with Crippen molar-refractivity contribution in [3.8, 4) is 11.5 Å². The molecule has 2 rings (SSSR count). The van der Waals surface area contributed by atoms with Gasteiger partial charge in [0.25, 0.3) is 5.91 Å². The molecule has 0 aliphatic carbocycles. The fraction of sp³-hybridized carbons (Fsp3) is 0.200. The van der Waals surface area contributed by atoms with Gasteiger partial charge >= 0.3 is 0 Å². The monoisotopic (exact) mass is 287 g/mol. The molecule has 0 fully saturated rings. The van der Waals surface area contributed by atoms with Crippen LogP contribution in [0.2, 0.25) is 0 Å². The van der Waals surface area contributed by atoms with Crippen LogP contribution in [-0.2, 0) is 11.8 Å². The van der Waals surface area contributed by atoms with Crippen molar-refractivity contribution >= 4 is 12.1 Å². The molecule has 6 nitrogen and oxygen atoms in total. The van der Waals surface area contributed by atoms with Gasteiger partial charge < -0.3 is 14.0 Å². The van der Waals surface area contributed by atoms with Gasteiger partial charge in [-0.15, -0.1) is 0 Å². The Morgan fingerprint density at radius 3 is 2.62 bits per heavy atom. The van der Waals surface area contributed by atoms with Gasteiger partial charge in [0.2, 0.25) is 0 Å². The molecular formula is C15H17N3O3. The zero-order chi connectivity index (χ0) is 15.1. The van der Waals surface area contributed by atoms with Crippen molar-refractivity contribution < 1.29 is 14.3 Å². The molecule has 0 spiro atoms. The average molecular weight is 287 g/mol. The van der Waals surface area contributed by atoms with Crippen molar-refractivity contribution in [1.82, 2.24) is 9.99 Å². The smallest absolute Gasteiger partial charge is 0.277 e. The summed E-state index contributed by atoms with van der Waals surface area (Å²) < 4.78 is 12.3. The van der Waals surface area contributed by atoms with Gasteiger partial charge in [-0.1, -0.05) is 0 Å². The lowest BCUT2D eigenvalue weighted by Gasteiger charge is -2.05. The largest absolute Gasteiger partial charge is 0.497 e. The molecule has 0 radical (unpaired) electrons. The lowest BCUT2D eigenvalue weighted by Crippen LogP contribution is -2.24. The maximum Gasteiger partial charge on any atom is 0.277 e. The lowest BCUT2D eigenvalue weighted by molar-refractivity contribution is -0.123. The van der Waals surface area contributed by atoms with Gasteiger partial charge in [0, 0.05) is 25.0 Å². The third-order valence-electron chi connectivity index (χ3n) is 2.69. The minimum atomic E-state index is -0.321. The quantitative estimate of drug-likeness (QED) is 0.648. The van der Waals surface area contributed by atoms with Crippen LogP contribution in [0.15, 0.2) is 47.8 Å². The Morgan fingerprint density at radius 1 is 1.29 bits per heavy atom. The Hall–Kier alpha value is -2.76. The number of nitrogens with one attached hydrogen (secondary N) is 1. The molecule has 0 unspecified atom stereocenters. The Bertz CT molecular complexity index is 617. The van der Waals surface area contributed by atoms with Crippen LogP contribution in [0, 0.1) is 0 Å². The number of hydrogen-bond donors (Lipinski definition) is 1. The molecule has 6 heteroatoms. The summed E-state index contributed by atoms with van der Waals surface area (Å²) in [6.07, 6.45) is 5.37. The zero-order valence-corrected chi connectivity index (χ0v) is 11.9. The topological polar surface area (TPSA) is 64.8 Å². The number of benzene rings is 1. The molecule has 0 aliphatic heterocycles. The lowest BCUT2D eigenvalue weighted by atomic mass is 10.3. The Labute approximate surface area is 123 Å². The van der Waals surface area contributed by atoms with Gasteiger partial charge in [0.15, 0.2) is 6.61 Å². The molecule has 0 saturated carbocycles. The molecule has 1 N–H and O–H groups in total. The number of nitrogens with zero attached hydrogens (tertiary/aromatic N) is 2. The summed E-state index contributed by atoms with van der Waals surface area (Å²) in [6.45, 7) is -0.0988. The number of ether oxygens (including phenoxy) is 2. The molecule has 21 heavy (non-hydrogen) atoms. The highest BCUT2D eigenvalue weighted by molar-refractivity contribution is 5.82. The van der Waals surface area contributed by atoms with Crippen LogP contribution in [0.3, 0.4) is 0 Å². The number of rotatable bonds is 6. The summed E-state index contributed by atoms with van der Waals surface area (Å²) in [4.78, 5) is 11.6. The molecule has 0 saturated heterocycles. The van der Waals surface area contributed by atoms with Gasteiger partial charge in [-0.3, -0.25) is 4.79 Å². The van der Waals surface area contributed by atoms with Crippen LogP contribution in [-0.4, -0.2) is 30.4 Å². The Kier molecular flexibility index (Phi) is 4.98. The van der Waals surface area contributed by atoms with Crippen molar-refractivity contribution in [3.05, 3.63) is 48.3 Å². The molecule has 1 amide bonds. The van der Waals surface area contributed by atoms with Crippen molar-refractivity contribution in [2.75, 3.05) is 13.7 Å². The molecule has 1 aromatic heterocycles. The van der Waals surface area contributed by atoms with E-state index in [0.717, 1.165) is 11.3 Å². The van der Waals surface area contributed by atoms with Crippen molar-refractivity contribution in [2.24, 2.45) is 12.1 Å². The van der Waals surface area contributed by atoms with E-state index in [1.807, 2.05) is 30.1 Å². The molecule has 1 heterocycles. The van der Waals surface area contributed by atoms with E-state index in [1.54, 1.807) is 37.6 Å². The third-order valence-corrected chi connectivity index (χ3v) is 2.69. The number of aryl methyl sites for hydroxylation is 1. The number of methoxy groups -OCH3 is 1. The second kappa shape index (κ2) is 7.14. The van der Waals surface area contributed by atoms with E-state index in [-0.39, 0.29) is 12.5 Å². The summed E-state index contributed by atoms with van der Waals surface area (Å²) >= 11 is 0.